The summed E-state index contributed by atoms with van der Waals surface area (Å²) in [7, 11) is 0. The first-order valence-electron chi connectivity index (χ1n) is 6.12. The minimum Gasteiger partial charge on any atom is -0.507 e. The van der Waals surface area contributed by atoms with Crippen molar-refractivity contribution >= 4 is 6.29 Å². The average molecular weight is 256 g/mol. The fourth-order valence-electron chi connectivity index (χ4n) is 1.94. The van der Waals surface area contributed by atoms with Crippen molar-refractivity contribution < 1.29 is 14.6 Å². The van der Waals surface area contributed by atoms with E-state index in [-0.39, 0.29) is 17.4 Å². The topological polar surface area (TPSA) is 46.5 Å². The quantitative estimate of drug-likeness (QED) is 0.849. The van der Waals surface area contributed by atoms with Gasteiger partial charge in [-0.05, 0) is 31.5 Å². The van der Waals surface area contributed by atoms with Crippen LogP contribution in [0.15, 0.2) is 42.5 Å². The van der Waals surface area contributed by atoms with Gasteiger partial charge in [0, 0.05) is 0 Å². The molecule has 0 heterocycles. The van der Waals surface area contributed by atoms with E-state index >= 15 is 0 Å². The number of hydrogen-bond donors (Lipinski definition) is 1. The highest BCUT2D eigenvalue weighted by Crippen LogP contribution is 2.29. The Morgan fingerprint density at radius 1 is 1.21 bits per heavy atom. The number of aldehydes is 1. The van der Waals surface area contributed by atoms with Crippen LogP contribution in [-0.4, -0.2) is 11.4 Å². The Bertz CT molecular complexity index is 590. The van der Waals surface area contributed by atoms with Gasteiger partial charge < -0.3 is 9.84 Å². The van der Waals surface area contributed by atoms with Gasteiger partial charge in [-0.2, -0.15) is 0 Å². The Kier molecular flexibility index (Phi) is 3.85. The van der Waals surface area contributed by atoms with Gasteiger partial charge in [0.2, 0.25) is 0 Å². The smallest absolute Gasteiger partial charge is 0.157 e. The van der Waals surface area contributed by atoms with Crippen molar-refractivity contribution in [2.75, 3.05) is 0 Å². The van der Waals surface area contributed by atoms with E-state index in [0.717, 1.165) is 11.1 Å². The molecule has 0 aliphatic heterocycles. The third kappa shape index (κ3) is 2.94. The van der Waals surface area contributed by atoms with E-state index < -0.39 is 0 Å². The average Bonchev–Trinajstić information content (AvgIpc) is 2.39. The van der Waals surface area contributed by atoms with Gasteiger partial charge in [0.05, 0.1) is 5.56 Å². The zero-order valence-corrected chi connectivity index (χ0v) is 11.0. The van der Waals surface area contributed by atoms with Gasteiger partial charge in [-0.1, -0.05) is 35.9 Å². The molecule has 0 spiro atoms. The summed E-state index contributed by atoms with van der Waals surface area (Å²) >= 11 is 0. The third-order valence-corrected chi connectivity index (χ3v) is 2.98. The van der Waals surface area contributed by atoms with E-state index in [1.54, 1.807) is 12.1 Å². The fourth-order valence-corrected chi connectivity index (χ4v) is 1.94. The lowest BCUT2D eigenvalue weighted by Crippen LogP contribution is -2.05. The molecule has 1 atom stereocenters. The van der Waals surface area contributed by atoms with Gasteiger partial charge >= 0.3 is 0 Å². The highest BCUT2D eigenvalue weighted by Gasteiger charge is 2.12. The van der Waals surface area contributed by atoms with Gasteiger partial charge in [0.1, 0.15) is 17.6 Å². The molecule has 0 amide bonds. The number of benzene rings is 2. The minimum atomic E-state index is -0.194. The molecule has 98 valence electrons. The molecular formula is C16H16O3. The summed E-state index contributed by atoms with van der Waals surface area (Å²) in [6.07, 6.45) is 0.411. The molecule has 0 unspecified atom stereocenters. The van der Waals surface area contributed by atoms with Crippen LogP contribution in [0.1, 0.15) is 34.5 Å². The predicted molar refractivity (Wildman–Crippen MR) is 73.7 cm³/mol. The number of ether oxygens (including phenoxy) is 1. The first-order valence-corrected chi connectivity index (χ1v) is 6.12. The molecule has 0 saturated carbocycles. The highest BCUT2D eigenvalue weighted by molar-refractivity contribution is 5.83. The predicted octanol–water partition coefficient (Wildman–Crippen LogP) is 3.65. The molecule has 0 radical (unpaired) electrons. The monoisotopic (exact) mass is 256 g/mol. The summed E-state index contributed by atoms with van der Waals surface area (Å²) in [6.45, 7) is 3.93. The SMILES string of the molecule is Cc1cccc([C@@H](C)Oc2cccc(O)c2C=O)c1. The summed E-state index contributed by atoms with van der Waals surface area (Å²) in [6, 6.07) is 12.8. The number of phenols is 1. The van der Waals surface area contributed by atoms with Crippen LogP contribution >= 0.6 is 0 Å². The van der Waals surface area contributed by atoms with Crippen LogP contribution in [0, 0.1) is 6.92 Å². The minimum absolute atomic E-state index is 0.0658. The molecule has 1 N–H and O–H groups in total. The maximum atomic E-state index is 11.0. The molecule has 2 aromatic rings. The largest absolute Gasteiger partial charge is 0.507 e. The highest BCUT2D eigenvalue weighted by atomic mass is 16.5. The number of aryl methyl sites for hydroxylation is 1. The number of rotatable bonds is 4. The molecule has 0 aliphatic rings. The van der Waals surface area contributed by atoms with Crippen LogP contribution in [0.2, 0.25) is 0 Å². The van der Waals surface area contributed by atoms with E-state index in [1.165, 1.54) is 6.07 Å². The first-order chi connectivity index (χ1) is 9.11. The molecule has 19 heavy (non-hydrogen) atoms. The van der Waals surface area contributed by atoms with Crippen LogP contribution < -0.4 is 4.74 Å². The van der Waals surface area contributed by atoms with E-state index in [1.807, 2.05) is 38.1 Å². The lowest BCUT2D eigenvalue weighted by Gasteiger charge is -2.17. The number of carbonyl (C=O) groups is 1. The maximum Gasteiger partial charge on any atom is 0.157 e. The maximum absolute atomic E-state index is 11.0. The molecular weight excluding hydrogens is 240 g/mol. The van der Waals surface area contributed by atoms with E-state index in [0.29, 0.717) is 12.0 Å². The van der Waals surface area contributed by atoms with E-state index in [9.17, 15) is 9.90 Å². The zero-order valence-electron chi connectivity index (χ0n) is 11.0. The Balaban J connectivity index is 2.26. The summed E-state index contributed by atoms with van der Waals surface area (Å²) in [5.41, 5.74) is 2.36. The lowest BCUT2D eigenvalue weighted by atomic mass is 10.1. The number of hydrogen-bond acceptors (Lipinski definition) is 3. The van der Waals surface area contributed by atoms with Gasteiger partial charge in [0.25, 0.3) is 0 Å². The van der Waals surface area contributed by atoms with Gasteiger partial charge in [0.15, 0.2) is 6.29 Å². The van der Waals surface area contributed by atoms with Crippen molar-refractivity contribution in [3.63, 3.8) is 0 Å². The van der Waals surface area contributed by atoms with Crippen LogP contribution in [0.3, 0.4) is 0 Å². The molecule has 0 aliphatic carbocycles. The summed E-state index contributed by atoms with van der Waals surface area (Å²) in [5, 5.41) is 9.61. The van der Waals surface area contributed by atoms with E-state index in [2.05, 4.69) is 0 Å². The second kappa shape index (κ2) is 5.57. The molecule has 0 bridgehead atoms. The van der Waals surface area contributed by atoms with Crippen LogP contribution in [0.4, 0.5) is 0 Å². The molecule has 2 aromatic carbocycles. The molecule has 0 aromatic heterocycles. The Labute approximate surface area is 112 Å². The van der Waals surface area contributed by atoms with E-state index in [4.69, 9.17) is 4.74 Å². The summed E-state index contributed by atoms with van der Waals surface area (Å²) < 4.78 is 5.77. The Morgan fingerprint density at radius 2 is 1.95 bits per heavy atom. The fraction of sp³-hybridized carbons (Fsp3) is 0.188. The Morgan fingerprint density at radius 3 is 2.63 bits per heavy atom. The second-order valence-corrected chi connectivity index (χ2v) is 4.48. The van der Waals surface area contributed by atoms with Crippen molar-refractivity contribution in [3.05, 3.63) is 59.2 Å². The second-order valence-electron chi connectivity index (χ2n) is 4.48. The van der Waals surface area contributed by atoms with Gasteiger partial charge in [-0.15, -0.1) is 0 Å². The van der Waals surface area contributed by atoms with Crippen molar-refractivity contribution in [1.29, 1.82) is 0 Å². The van der Waals surface area contributed by atoms with Gasteiger partial charge in [-0.25, -0.2) is 0 Å². The van der Waals surface area contributed by atoms with Crippen molar-refractivity contribution in [1.82, 2.24) is 0 Å². The van der Waals surface area contributed by atoms with Crippen molar-refractivity contribution in [2.24, 2.45) is 0 Å². The number of carbonyl (C=O) groups excluding carboxylic acids is 1. The zero-order chi connectivity index (χ0) is 13.8. The molecule has 3 heteroatoms. The normalized spacial score (nSPS) is 11.9. The molecule has 0 saturated heterocycles. The summed E-state index contributed by atoms with van der Waals surface area (Å²) in [5.74, 6) is 0.327. The van der Waals surface area contributed by atoms with Crippen LogP contribution in [-0.2, 0) is 0 Å². The standard InChI is InChI=1S/C16H16O3/c1-11-5-3-6-13(9-11)12(2)19-16-8-4-7-15(18)14(16)10-17/h3-10,12,18H,1-2H3/t12-/m1/s1. The number of phenolic OH excluding ortho intramolecular Hbond substituents is 1. The number of aromatic hydroxyl groups is 1. The van der Waals surface area contributed by atoms with Crippen molar-refractivity contribution in [3.8, 4) is 11.5 Å². The molecule has 0 fully saturated rings. The summed E-state index contributed by atoms with van der Waals surface area (Å²) in [4.78, 5) is 11.0. The van der Waals surface area contributed by atoms with Gasteiger partial charge in [-0.3, -0.25) is 4.79 Å². The molecule has 2 rings (SSSR count). The molecule has 3 nitrogen and oxygen atoms in total. The first kappa shape index (κ1) is 13.1. The van der Waals surface area contributed by atoms with Crippen LogP contribution in [0.5, 0.6) is 11.5 Å². The lowest BCUT2D eigenvalue weighted by molar-refractivity contribution is 0.111. The van der Waals surface area contributed by atoms with Crippen LogP contribution in [0.25, 0.3) is 0 Å². The Hall–Kier alpha value is -2.29. The van der Waals surface area contributed by atoms with Crippen molar-refractivity contribution in [2.45, 2.75) is 20.0 Å². The third-order valence-electron chi connectivity index (χ3n) is 2.98.